The molecule has 0 aliphatic heterocycles. The van der Waals surface area contributed by atoms with Crippen LogP contribution in [-0.4, -0.2) is 36.1 Å². The number of methoxy groups -OCH3 is 1. The largest absolute Gasteiger partial charge is 0.497 e. The molecule has 0 radical (unpaired) electrons. The smallest absolute Gasteiger partial charge is 0.259 e. The van der Waals surface area contributed by atoms with Crippen LogP contribution in [0.5, 0.6) is 11.5 Å². The van der Waals surface area contributed by atoms with Gasteiger partial charge >= 0.3 is 0 Å². The van der Waals surface area contributed by atoms with E-state index >= 15 is 0 Å². The molecule has 1 aromatic heterocycles. The number of para-hydroxylation sites is 1. The number of hydrogen-bond acceptors (Lipinski definition) is 4. The third-order valence-electron chi connectivity index (χ3n) is 4.62. The number of aromatic amines is 1. The number of H-pyrrole nitrogens is 1. The van der Waals surface area contributed by atoms with E-state index < -0.39 is 0 Å². The van der Waals surface area contributed by atoms with Gasteiger partial charge in [0.25, 0.3) is 5.91 Å². The van der Waals surface area contributed by atoms with Gasteiger partial charge in [-0.25, -0.2) is 0 Å². The van der Waals surface area contributed by atoms with Crippen LogP contribution in [0, 0.1) is 0 Å². The topological polar surface area (TPSA) is 71.6 Å². The predicted molar refractivity (Wildman–Crippen MR) is 109 cm³/mol. The lowest BCUT2D eigenvalue weighted by Gasteiger charge is -2.22. The number of ether oxygens (including phenoxy) is 2. The van der Waals surface area contributed by atoms with Gasteiger partial charge in [-0.3, -0.25) is 9.59 Å². The van der Waals surface area contributed by atoms with Gasteiger partial charge in [0.15, 0.2) is 0 Å². The van der Waals surface area contributed by atoms with Gasteiger partial charge < -0.3 is 19.4 Å². The molecule has 0 aliphatic rings. The van der Waals surface area contributed by atoms with Crippen molar-refractivity contribution in [3.8, 4) is 11.5 Å². The molecule has 0 bridgehead atoms. The molecule has 0 aliphatic carbocycles. The van der Waals surface area contributed by atoms with Crippen molar-refractivity contribution in [2.24, 2.45) is 0 Å². The number of benzene rings is 2. The van der Waals surface area contributed by atoms with Crippen LogP contribution in [-0.2, 0) is 6.54 Å². The lowest BCUT2D eigenvalue weighted by atomic mass is 10.1. The molecule has 1 heterocycles. The van der Waals surface area contributed by atoms with Crippen molar-refractivity contribution in [3.63, 3.8) is 0 Å². The maximum Gasteiger partial charge on any atom is 0.259 e. The van der Waals surface area contributed by atoms with Crippen LogP contribution in [0.4, 0.5) is 0 Å². The molecule has 0 atom stereocenters. The van der Waals surface area contributed by atoms with Gasteiger partial charge in [0, 0.05) is 35.8 Å². The quantitative estimate of drug-likeness (QED) is 0.680. The summed E-state index contributed by atoms with van der Waals surface area (Å²) in [6.45, 7) is 5.18. The van der Waals surface area contributed by atoms with E-state index in [1.54, 1.807) is 30.2 Å². The van der Waals surface area contributed by atoms with Crippen LogP contribution in [0.3, 0.4) is 0 Å². The third kappa shape index (κ3) is 3.86. The minimum absolute atomic E-state index is 0.108. The van der Waals surface area contributed by atoms with Crippen LogP contribution in [0.2, 0.25) is 0 Å². The van der Waals surface area contributed by atoms with Crippen molar-refractivity contribution in [3.05, 3.63) is 70.0 Å². The van der Waals surface area contributed by atoms with Crippen molar-refractivity contribution < 1.29 is 14.3 Å². The zero-order valence-electron chi connectivity index (χ0n) is 16.3. The number of rotatable bonds is 7. The Morgan fingerprint density at radius 2 is 1.93 bits per heavy atom. The van der Waals surface area contributed by atoms with Crippen LogP contribution in [0.15, 0.2) is 53.5 Å². The zero-order chi connectivity index (χ0) is 20.1. The van der Waals surface area contributed by atoms with Crippen LogP contribution < -0.4 is 14.9 Å². The first-order valence-corrected chi connectivity index (χ1v) is 9.28. The van der Waals surface area contributed by atoms with E-state index in [1.165, 1.54) is 6.20 Å². The molecule has 6 heteroatoms. The number of pyridine rings is 1. The molecule has 0 spiro atoms. The number of aromatic nitrogens is 1. The first-order chi connectivity index (χ1) is 13.6. The van der Waals surface area contributed by atoms with E-state index in [-0.39, 0.29) is 16.9 Å². The summed E-state index contributed by atoms with van der Waals surface area (Å²) < 4.78 is 10.9. The van der Waals surface area contributed by atoms with Gasteiger partial charge in [0.2, 0.25) is 5.43 Å². The van der Waals surface area contributed by atoms with Crippen LogP contribution in [0.1, 0.15) is 29.8 Å². The molecule has 146 valence electrons. The summed E-state index contributed by atoms with van der Waals surface area (Å²) in [6.07, 6.45) is 1.48. The Kier molecular flexibility index (Phi) is 5.99. The van der Waals surface area contributed by atoms with Crippen LogP contribution in [0.25, 0.3) is 10.9 Å². The first-order valence-electron chi connectivity index (χ1n) is 9.28. The lowest BCUT2D eigenvalue weighted by Crippen LogP contribution is -2.34. The van der Waals surface area contributed by atoms with Gasteiger partial charge in [-0.2, -0.15) is 0 Å². The van der Waals surface area contributed by atoms with Gasteiger partial charge in [0.1, 0.15) is 17.1 Å². The fourth-order valence-electron chi connectivity index (χ4n) is 3.12. The van der Waals surface area contributed by atoms with Crippen molar-refractivity contribution in [2.45, 2.75) is 20.4 Å². The summed E-state index contributed by atoms with van der Waals surface area (Å²) in [7, 11) is 1.54. The number of nitrogens with zero attached hydrogens (tertiary/aromatic N) is 1. The maximum absolute atomic E-state index is 13.1. The Balaban J connectivity index is 1.95. The number of carbonyl (C=O) groups is 1. The molecule has 3 rings (SSSR count). The lowest BCUT2D eigenvalue weighted by molar-refractivity contribution is 0.0750. The Hall–Kier alpha value is -3.28. The molecule has 6 nitrogen and oxygen atoms in total. The molecule has 0 saturated heterocycles. The maximum atomic E-state index is 13.1. The average Bonchev–Trinajstić information content (AvgIpc) is 2.73. The van der Waals surface area contributed by atoms with E-state index in [1.807, 2.05) is 38.1 Å². The second-order valence-corrected chi connectivity index (χ2v) is 6.30. The summed E-state index contributed by atoms with van der Waals surface area (Å²) in [6, 6.07) is 12.8. The molecule has 28 heavy (non-hydrogen) atoms. The minimum Gasteiger partial charge on any atom is -0.497 e. The van der Waals surface area contributed by atoms with E-state index in [9.17, 15) is 9.59 Å². The molecule has 0 unspecified atom stereocenters. The molecular formula is C22H24N2O4. The summed E-state index contributed by atoms with van der Waals surface area (Å²) in [5.74, 6) is 0.994. The molecule has 1 N–H and O–H groups in total. The Bertz CT molecular complexity index is 1040. The standard InChI is InChI=1S/C22H24N2O4/c1-4-24(14-15-8-6-7-9-20(15)28-5-2)22(26)18-13-23-19-11-10-16(27-3)12-17(19)21(18)25/h6-13H,4-5,14H2,1-3H3,(H,23,25). The molecule has 2 aromatic carbocycles. The van der Waals surface area contributed by atoms with E-state index in [4.69, 9.17) is 9.47 Å². The molecule has 0 saturated carbocycles. The van der Waals surface area contributed by atoms with Crippen molar-refractivity contribution in [2.75, 3.05) is 20.3 Å². The zero-order valence-corrected chi connectivity index (χ0v) is 16.3. The summed E-state index contributed by atoms with van der Waals surface area (Å²) in [4.78, 5) is 30.7. The summed E-state index contributed by atoms with van der Waals surface area (Å²) >= 11 is 0. The van der Waals surface area contributed by atoms with E-state index in [0.717, 1.165) is 11.3 Å². The summed E-state index contributed by atoms with van der Waals surface area (Å²) in [5.41, 5.74) is 1.36. The number of amides is 1. The number of hydrogen-bond donors (Lipinski definition) is 1. The Morgan fingerprint density at radius 3 is 2.64 bits per heavy atom. The highest BCUT2D eigenvalue weighted by Crippen LogP contribution is 2.21. The SMILES string of the molecule is CCOc1ccccc1CN(CC)C(=O)c1c[nH]c2ccc(OC)cc2c1=O. The van der Waals surface area contributed by atoms with Crippen molar-refractivity contribution in [1.82, 2.24) is 9.88 Å². The van der Waals surface area contributed by atoms with Gasteiger partial charge in [-0.15, -0.1) is 0 Å². The minimum atomic E-state index is -0.320. The van der Waals surface area contributed by atoms with Gasteiger partial charge in [-0.1, -0.05) is 18.2 Å². The highest BCUT2D eigenvalue weighted by Gasteiger charge is 2.20. The van der Waals surface area contributed by atoms with E-state index in [2.05, 4.69) is 4.98 Å². The molecular weight excluding hydrogens is 356 g/mol. The fourth-order valence-corrected chi connectivity index (χ4v) is 3.12. The molecule has 0 fully saturated rings. The third-order valence-corrected chi connectivity index (χ3v) is 4.62. The Labute approximate surface area is 163 Å². The fraction of sp³-hybridized carbons (Fsp3) is 0.273. The second-order valence-electron chi connectivity index (χ2n) is 6.30. The number of nitrogens with one attached hydrogen (secondary N) is 1. The van der Waals surface area contributed by atoms with Gasteiger partial charge in [-0.05, 0) is 38.1 Å². The first kappa shape index (κ1) is 19.5. The Morgan fingerprint density at radius 1 is 1.14 bits per heavy atom. The normalized spacial score (nSPS) is 10.7. The highest BCUT2D eigenvalue weighted by molar-refractivity contribution is 5.97. The number of fused-ring (bicyclic) bond motifs is 1. The second kappa shape index (κ2) is 8.61. The monoisotopic (exact) mass is 380 g/mol. The molecule has 1 amide bonds. The van der Waals surface area contributed by atoms with Crippen molar-refractivity contribution in [1.29, 1.82) is 0 Å². The van der Waals surface area contributed by atoms with Gasteiger partial charge in [0.05, 0.1) is 13.7 Å². The van der Waals surface area contributed by atoms with Crippen molar-refractivity contribution >= 4 is 16.8 Å². The number of carbonyl (C=O) groups excluding carboxylic acids is 1. The van der Waals surface area contributed by atoms with Crippen LogP contribution >= 0.6 is 0 Å². The summed E-state index contributed by atoms with van der Waals surface area (Å²) in [5, 5.41) is 0.427. The van der Waals surface area contributed by atoms with E-state index in [0.29, 0.717) is 36.3 Å². The predicted octanol–water partition coefficient (Wildman–Crippen LogP) is 3.60. The molecule has 3 aromatic rings. The average molecular weight is 380 g/mol. The highest BCUT2D eigenvalue weighted by atomic mass is 16.5.